The van der Waals surface area contributed by atoms with Gasteiger partial charge in [-0.2, -0.15) is 0 Å². The molecule has 0 saturated heterocycles. The van der Waals surface area contributed by atoms with Crippen LogP contribution >= 0.6 is 0 Å². The van der Waals surface area contributed by atoms with Gasteiger partial charge in [0, 0.05) is 38.1 Å². The van der Waals surface area contributed by atoms with Crippen molar-refractivity contribution in [1.29, 1.82) is 0 Å². The Morgan fingerprint density at radius 2 is 2.24 bits per heavy atom. The maximum absolute atomic E-state index is 12.1. The van der Waals surface area contributed by atoms with E-state index in [9.17, 15) is 9.90 Å². The van der Waals surface area contributed by atoms with Crippen LogP contribution in [-0.4, -0.2) is 52.4 Å². The van der Waals surface area contributed by atoms with Crippen molar-refractivity contribution in [2.75, 3.05) is 19.6 Å². The third-order valence-electron chi connectivity index (χ3n) is 2.67. The molecule has 0 aromatic carbocycles. The molecule has 0 saturated carbocycles. The van der Waals surface area contributed by atoms with Gasteiger partial charge in [0.2, 0.25) is 0 Å². The number of carbonyl (C=O) groups is 1. The van der Waals surface area contributed by atoms with E-state index in [1.807, 2.05) is 39.1 Å². The van der Waals surface area contributed by atoms with E-state index in [2.05, 4.69) is 10.3 Å². The number of H-pyrrole nitrogens is 1. The number of nitrogens with one attached hydrogen (secondary N) is 2. The first-order valence-electron chi connectivity index (χ1n) is 7.27. The lowest BCUT2D eigenvalue weighted by atomic mass is 10.2. The number of rotatable bonds is 7. The van der Waals surface area contributed by atoms with Crippen LogP contribution in [0.3, 0.4) is 0 Å². The average Bonchev–Trinajstić information content (AvgIpc) is 2.83. The third kappa shape index (κ3) is 7.72. The number of amides is 1. The number of hydrogen-bond donors (Lipinski definition) is 3. The number of carbonyl (C=O) groups excluding carboxylic acids is 1. The minimum atomic E-state index is -0.582. The van der Waals surface area contributed by atoms with E-state index in [1.54, 1.807) is 6.92 Å². The number of aromatic amines is 1. The Morgan fingerprint density at radius 3 is 2.76 bits per heavy atom. The normalized spacial score (nSPS) is 13.0. The van der Waals surface area contributed by atoms with E-state index in [0.29, 0.717) is 19.6 Å². The fraction of sp³-hybridized carbons (Fsp3) is 0.667. The third-order valence-corrected chi connectivity index (χ3v) is 2.67. The van der Waals surface area contributed by atoms with Gasteiger partial charge in [-0.1, -0.05) is 0 Å². The monoisotopic (exact) mass is 297 g/mol. The Morgan fingerprint density at radius 1 is 1.52 bits per heavy atom. The van der Waals surface area contributed by atoms with Crippen LogP contribution in [0, 0.1) is 0 Å². The lowest BCUT2D eigenvalue weighted by Gasteiger charge is -2.28. The van der Waals surface area contributed by atoms with Gasteiger partial charge in [-0.05, 0) is 39.8 Å². The fourth-order valence-electron chi connectivity index (χ4n) is 1.82. The highest BCUT2D eigenvalue weighted by Gasteiger charge is 2.22. The smallest absolute Gasteiger partial charge is 0.410 e. The summed E-state index contributed by atoms with van der Waals surface area (Å²) in [6.45, 7) is 9.23. The van der Waals surface area contributed by atoms with Crippen molar-refractivity contribution in [3.63, 3.8) is 0 Å². The van der Waals surface area contributed by atoms with Crippen LogP contribution in [0.4, 0.5) is 4.79 Å². The molecule has 0 aliphatic carbocycles. The Bertz CT molecular complexity index is 410. The standard InChI is InChI=1S/C15H27N3O3/c1-12(19)11-18(14(20)21-15(2,3)4)9-8-16-10-13-6-5-7-17-13/h5-7,12,16-17,19H,8-11H2,1-4H3. The van der Waals surface area contributed by atoms with Gasteiger partial charge in [-0.3, -0.25) is 0 Å². The lowest BCUT2D eigenvalue weighted by Crippen LogP contribution is -2.43. The molecule has 21 heavy (non-hydrogen) atoms. The number of aliphatic hydroxyl groups is 1. The highest BCUT2D eigenvalue weighted by molar-refractivity contribution is 5.68. The molecule has 1 rings (SSSR count). The molecule has 1 amide bonds. The van der Waals surface area contributed by atoms with Gasteiger partial charge in [-0.25, -0.2) is 4.79 Å². The number of aromatic nitrogens is 1. The molecular formula is C15H27N3O3. The molecule has 0 aliphatic heterocycles. The SMILES string of the molecule is CC(O)CN(CCNCc1ccc[nH]1)C(=O)OC(C)(C)C. The van der Waals surface area contributed by atoms with E-state index < -0.39 is 17.8 Å². The number of aliphatic hydroxyl groups excluding tert-OH is 1. The van der Waals surface area contributed by atoms with Crippen molar-refractivity contribution in [3.8, 4) is 0 Å². The second-order valence-corrected chi connectivity index (χ2v) is 6.15. The largest absolute Gasteiger partial charge is 0.444 e. The van der Waals surface area contributed by atoms with Crippen LogP contribution < -0.4 is 5.32 Å². The Balaban J connectivity index is 2.40. The van der Waals surface area contributed by atoms with Crippen LogP contribution in [0.25, 0.3) is 0 Å². The zero-order valence-corrected chi connectivity index (χ0v) is 13.3. The summed E-state index contributed by atoms with van der Waals surface area (Å²) in [5.74, 6) is 0. The lowest BCUT2D eigenvalue weighted by molar-refractivity contribution is 0.0164. The molecule has 120 valence electrons. The fourth-order valence-corrected chi connectivity index (χ4v) is 1.82. The molecule has 0 radical (unpaired) electrons. The number of nitrogens with zero attached hydrogens (tertiary/aromatic N) is 1. The van der Waals surface area contributed by atoms with Crippen molar-refractivity contribution in [1.82, 2.24) is 15.2 Å². The minimum absolute atomic E-state index is 0.263. The second-order valence-electron chi connectivity index (χ2n) is 6.15. The highest BCUT2D eigenvalue weighted by atomic mass is 16.6. The summed E-state index contributed by atoms with van der Waals surface area (Å²) in [6, 6.07) is 3.94. The van der Waals surface area contributed by atoms with Crippen molar-refractivity contribution in [3.05, 3.63) is 24.0 Å². The molecule has 6 nitrogen and oxygen atoms in total. The van der Waals surface area contributed by atoms with E-state index in [-0.39, 0.29) is 6.54 Å². The van der Waals surface area contributed by atoms with E-state index in [4.69, 9.17) is 4.74 Å². The van der Waals surface area contributed by atoms with Gasteiger partial charge < -0.3 is 25.0 Å². The molecule has 1 aromatic rings. The first-order valence-corrected chi connectivity index (χ1v) is 7.27. The topological polar surface area (TPSA) is 77.6 Å². The van der Waals surface area contributed by atoms with Gasteiger partial charge in [-0.15, -0.1) is 0 Å². The molecule has 0 bridgehead atoms. The van der Waals surface area contributed by atoms with Crippen molar-refractivity contribution >= 4 is 6.09 Å². The molecule has 0 spiro atoms. The van der Waals surface area contributed by atoms with Gasteiger partial charge in [0.1, 0.15) is 5.60 Å². The maximum Gasteiger partial charge on any atom is 0.410 e. The predicted molar refractivity (Wildman–Crippen MR) is 82.0 cm³/mol. The second kappa shape index (κ2) is 8.05. The summed E-state index contributed by atoms with van der Waals surface area (Å²) in [5.41, 5.74) is 0.556. The Hall–Kier alpha value is -1.53. The summed E-state index contributed by atoms with van der Waals surface area (Å²) in [4.78, 5) is 16.7. The van der Waals surface area contributed by atoms with E-state index in [0.717, 1.165) is 5.69 Å². The van der Waals surface area contributed by atoms with Crippen LogP contribution in [0.1, 0.15) is 33.4 Å². The zero-order chi connectivity index (χ0) is 15.9. The molecular weight excluding hydrogens is 270 g/mol. The number of ether oxygens (including phenoxy) is 1. The summed E-state index contributed by atoms with van der Waals surface area (Å²) < 4.78 is 5.35. The maximum atomic E-state index is 12.1. The molecule has 6 heteroatoms. The first kappa shape index (κ1) is 17.5. The predicted octanol–water partition coefficient (Wildman–Crippen LogP) is 1.72. The molecule has 0 aliphatic rings. The van der Waals surface area contributed by atoms with Crippen LogP contribution in [-0.2, 0) is 11.3 Å². The molecule has 0 fully saturated rings. The zero-order valence-electron chi connectivity index (χ0n) is 13.3. The summed E-state index contributed by atoms with van der Waals surface area (Å²) >= 11 is 0. The van der Waals surface area contributed by atoms with Crippen LogP contribution in [0.2, 0.25) is 0 Å². The minimum Gasteiger partial charge on any atom is -0.444 e. The van der Waals surface area contributed by atoms with Crippen molar-refractivity contribution in [2.24, 2.45) is 0 Å². The van der Waals surface area contributed by atoms with Gasteiger partial charge >= 0.3 is 6.09 Å². The molecule has 1 heterocycles. The molecule has 3 N–H and O–H groups in total. The quantitative estimate of drug-likeness (QED) is 0.670. The Kier molecular flexibility index (Phi) is 6.71. The molecule has 1 unspecified atom stereocenters. The Labute approximate surface area is 126 Å². The van der Waals surface area contributed by atoms with Crippen LogP contribution in [0.5, 0.6) is 0 Å². The average molecular weight is 297 g/mol. The van der Waals surface area contributed by atoms with Gasteiger partial charge in [0.25, 0.3) is 0 Å². The van der Waals surface area contributed by atoms with Crippen LogP contribution in [0.15, 0.2) is 18.3 Å². The van der Waals surface area contributed by atoms with Crippen molar-refractivity contribution in [2.45, 2.75) is 45.9 Å². The summed E-state index contributed by atoms with van der Waals surface area (Å²) in [6.07, 6.45) is 0.892. The van der Waals surface area contributed by atoms with E-state index >= 15 is 0 Å². The van der Waals surface area contributed by atoms with Gasteiger partial charge in [0.05, 0.1) is 6.10 Å². The molecule has 1 atom stereocenters. The molecule has 1 aromatic heterocycles. The number of hydrogen-bond acceptors (Lipinski definition) is 4. The summed E-state index contributed by atoms with van der Waals surface area (Å²) in [5, 5.41) is 12.7. The van der Waals surface area contributed by atoms with E-state index in [1.165, 1.54) is 4.90 Å². The summed E-state index contributed by atoms with van der Waals surface area (Å²) in [7, 11) is 0. The highest BCUT2D eigenvalue weighted by Crippen LogP contribution is 2.10. The first-order chi connectivity index (χ1) is 9.78. The van der Waals surface area contributed by atoms with Gasteiger partial charge in [0.15, 0.2) is 0 Å². The van der Waals surface area contributed by atoms with Crippen molar-refractivity contribution < 1.29 is 14.6 Å².